The number of likely N-dealkylation sites (N-methyl/N-ethyl adjacent to an activating group) is 1. The third kappa shape index (κ3) is 4.48. The van der Waals surface area contributed by atoms with Gasteiger partial charge in [-0.15, -0.1) is 0 Å². The summed E-state index contributed by atoms with van der Waals surface area (Å²) < 4.78 is 14.1. The molecule has 3 rings (SSSR count). The highest BCUT2D eigenvalue weighted by molar-refractivity contribution is 6.05. The van der Waals surface area contributed by atoms with Crippen molar-refractivity contribution in [3.63, 3.8) is 0 Å². The number of aromatic nitrogens is 2. The van der Waals surface area contributed by atoms with E-state index in [0.717, 1.165) is 10.2 Å². The fraction of sp³-hybridized carbons (Fsp3) is 0.238. The second kappa shape index (κ2) is 8.64. The van der Waals surface area contributed by atoms with Crippen LogP contribution in [0, 0.1) is 5.82 Å². The van der Waals surface area contributed by atoms with E-state index in [-0.39, 0.29) is 36.1 Å². The smallest absolute Gasteiger partial charge is 0.275 e. The normalized spacial score (nSPS) is 10.7. The van der Waals surface area contributed by atoms with Crippen LogP contribution in [0.3, 0.4) is 0 Å². The van der Waals surface area contributed by atoms with Crippen molar-refractivity contribution in [1.29, 1.82) is 0 Å². The van der Waals surface area contributed by atoms with Gasteiger partial charge in [0.1, 0.15) is 5.82 Å². The molecule has 0 spiro atoms. The van der Waals surface area contributed by atoms with Gasteiger partial charge in [0, 0.05) is 25.5 Å². The van der Waals surface area contributed by atoms with Crippen molar-refractivity contribution in [1.82, 2.24) is 20.0 Å². The number of carbonyl (C=O) groups excluding carboxylic acids is 2. The van der Waals surface area contributed by atoms with E-state index >= 15 is 0 Å². The first-order valence-electron chi connectivity index (χ1n) is 9.17. The predicted octanol–water partition coefficient (Wildman–Crippen LogP) is 1.85. The summed E-state index contributed by atoms with van der Waals surface area (Å²) in [6, 6.07) is 12.6. The number of nitrogens with one attached hydrogen (secondary N) is 1. The Hall–Kier alpha value is -3.55. The van der Waals surface area contributed by atoms with E-state index in [9.17, 15) is 18.8 Å². The van der Waals surface area contributed by atoms with Crippen LogP contribution in [0.2, 0.25) is 0 Å². The summed E-state index contributed by atoms with van der Waals surface area (Å²) in [5, 5.41) is 7.68. The molecule has 2 amide bonds. The van der Waals surface area contributed by atoms with Gasteiger partial charge >= 0.3 is 0 Å². The molecule has 0 unspecified atom stereocenters. The molecule has 1 heterocycles. The maximum Gasteiger partial charge on any atom is 0.275 e. The fourth-order valence-electron chi connectivity index (χ4n) is 2.97. The molecule has 8 heteroatoms. The Morgan fingerprint density at radius 1 is 1.10 bits per heavy atom. The highest BCUT2D eigenvalue weighted by Gasteiger charge is 2.22. The van der Waals surface area contributed by atoms with Gasteiger partial charge in [-0.25, -0.2) is 9.07 Å². The summed E-state index contributed by atoms with van der Waals surface area (Å²) >= 11 is 0. The average Bonchev–Trinajstić information content (AvgIpc) is 2.73. The zero-order valence-electron chi connectivity index (χ0n) is 16.2. The predicted molar refractivity (Wildman–Crippen MR) is 107 cm³/mol. The monoisotopic (exact) mass is 396 g/mol. The highest BCUT2D eigenvalue weighted by Crippen LogP contribution is 2.15. The van der Waals surface area contributed by atoms with Gasteiger partial charge in [-0.2, -0.15) is 5.10 Å². The number of nitrogens with zero attached hydrogens (tertiary/aromatic N) is 3. The Morgan fingerprint density at radius 3 is 2.41 bits per heavy atom. The van der Waals surface area contributed by atoms with Crippen LogP contribution in [-0.2, 0) is 18.4 Å². The fourth-order valence-corrected chi connectivity index (χ4v) is 2.97. The summed E-state index contributed by atoms with van der Waals surface area (Å²) in [5.74, 6) is -1.13. The van der Waals surface area contributed by atoms with Gasteiger partial charge < -0.3 is 10.2 Å². The van der Waals surface area contributed by atoms with Crippen LogP contribution in [0.15, 0.2) is 53.3 Å². The minimum atomic E-state index is -0.434. The van der Waals surface area contributed by atoms with Crippen molar-refractivity contribution in [3.05, 3.63) is 76.0 Å². The van der Waals surface area contributed by atoms with Crippen molar-refractivity contribution in [2.75, 3.05) is 13.1 Å². The molecule has 0 saturated heterocycles. The van der Waals surface area contributed by atoms with E-state index < -0.39 is 5.91 Å². The van der Waals surface area contributed by atoms with Gasteiger partial charge in [0.2, 0.25) is 5.91 Å². The number of carbonyl (C=O) groups is 2. The molecular formula is C21H21FN4O3. The van der Waals surface area contributed by atoms with Crippen LogP contribution in [0.25, 0.3) is 10.8 Å². The lowest BCUT2D eigenvalue weighted by molar-refractivity contribution is -0.121. The number of fused-ring (bicyclic) bond motifs is 1. The van der Waals surface area contributed by atoms with Crippen LogP contribution in [-0.4, -0.2) is 39.6 Å². The second-order valence-corrected chi connectivity index (χ2v) is 6.55. The number of hydrogen-bond donors (Lipinski definition) is 1. The number of hydrogen-bond acceptors (Lipinski definition) is 4. The maximum atomic E-state index is 13.0. The van der Waals surface area contributed by atoms with E-state index in [2.05, 4.69) is 10.4 Å². The van der Waals surface area contributed by atoms with E-state index in [0.29, 0.717) is 17.3 Å². The van der Waals surface area contributed by atoms with Crippen LogP contribution in [0.4, 0.5) is 4.39 Å². The lowest BCUT2D eigenvalue weighted by atomic mass is 10.1. The van der Waals surface area contributed by atoms with Crippen molar-refractivity contribution in [3.8, 4) is 0 Å². The summed E-state index contributed by atoms with van der Waals surface area (Å²) in [6.45, 7) is 2.12. The second-order valence-electron chi connectivity index (χ2n) is 6.55. The Morgan fingerprint density at radius 2 is 1.76 bits per heavy atom. The Bertz CT molecular complexity index is 1110. The summed E-state index contributed by atoms with van der Waals surface area (Å²) in [7, 11) is 1.48. The number of rotatable bonds is 6. The topological polar surface area (TPSA) is 84.3 Å². The molecular weight excluding hydrogens is 375 g/mol. The molecule has 0 aliphatic carbocycles. The van der Waals surface area contributed by atoms with E-state index in [1.54, 1.807) is 43.3 Å². The Kier molecular flexibility index (Phi) is 6.01. The molecule has 7 nitrogen and oxygen atoms in total. The largest absolute Gasteiger partial charge is 0.350 e. The zero-order valence-corrected chi connectivity index (χ0v) is 16.2. The van der Waals surface area contributed by atoms with Gasteiger partial charge in [-0.1, -0.05) is 30.3 Å². The van der Waals surface area contributed by atoms with Crippen LogP contribution < -0.4 is 10.9 Å². The first kappa shape index (κ1) is 20.2. The van der Waals surface area contributed by atoms with E-state index in [4.69, 9.17) is 0 Å². The highest BCUT2D eigenvalue weighted by atomic mass is 19.1. The third-order valence-corrected chi connectivity index (χ3v) is 4.57. The molecule has 0 aliphatic heterocycles. The van der Waals surface area contributed by atoms with Gasteiger partial charge in [-0.05, 0) is 30.7 Å². The van der Waals surface area contributed by atoms with Crippen molar-refractivity contribution >= 4 is 22.6 Å². The molecule has 0 fully saturated rings. The van der Waals surface area contributed by atoms with Crippen LogP contribution in [0.1, 0.15) is 23.0 Å². The molecule has 0 aliphatic rings. The summed E-state index contributed by atoms with van der Waals surface area (Å²) in [6.07, 6.45) is 0. The van der Waals surface area contributed by atoms with Gasteiger partial charge in [-0.3, -0.25) is 14.4 Å². The maximum absolute atomic E-state index is 13.0. The minimum Gasteiger partial charge on any atom is -0.350 e. The summed E-state index contributed by atoms with van der Waals surface area (Å²) in [5.41, 5.74) is 0.577. The standard InChI is InChI=1S/C21H21FN4O3/c1-3-26(13-18(27)23-12-14-8-10-15(22)11-9-14)21(29)19-16-6-4-5-7-17(16)20(28)25(2)24-19/h4-11H,3,12-13H2,1-2H3,(H,23,27). The molecule has 3 aromatic rings. The molecule has 1 aromatic heterocycles. The number of amides is 2. The van der Waals surface area contributed by atoms with Gasteiger partial charge in [0.05, 0.1) is 11.9 Å². The first-order chi connectivity index (χ1) is 13.9. The number of benzene rings is 2. The molecule has 0 radical (unpaired) electrons. The zero-order chi connectivity index (χ0) is 21.0. The molecule has 29 heavy (non-hydrogen) atoms. The molecule has 1 N–H and O–H groups in total. The number of aryl methyl sites for hydroxylation is 1. The van der Waals surface area contributed by atoms with Gasteiger partial charge in [0.15, 0.2) is 5.69 Å². The third-order valence-electron chi connectivity index (χ3n) is 4.57. The van der Waals surface area contributed by atoms with Gasteiger partial charge in [0.25, 0.3) is 11.5 Å². The molecule has 150 valence electrons. The molecule has 0 atom stereocenters. The van der Waals surface area contributed by atoms with Crippen molar-refractivity contribution < 1.29 is 14.0 Å². The van der Waals surface area contributed by atoms with Crippen molar-refractivity contribution in [2.24, 2.45) is 7.05 Å². The van der Waals surface area contributed by atoms with E-state index in [1.165, 1.54) is 24.1 Å². The Balaban J connectivity index is 1.76. The molecule has 0 bridgehead atoms. The average molecular weight is 396 g/mol. The molecule has 0 saturated carbocycles. The number of halogens is 1. The lowest BCUT2D eigenvalue weighted by Crippen LogP contribution is -2.41. The summed E-state index contributed by atoms with van der Waals surface area (Å²) in [4.78, 5) is 39.0. The minimum absolute atomic E-state index is 0.121. The van der Waals surface area contributed by atoms with Crippen LogP contribution >= 0.6 is 0 Å². The SMILES string of the molecule is CCN(CC(=O)NCc1ccc(F)cc1)C(=O)c1nn(C)c(=O)c2ccccc12. The first-order valence-corrected chi connectivity index (χ1v) is 9.17. The van der Waals surface area contributed by atoms with E-state index in [1.807, 2.05) is 0 Å². The quantitative estimate of drug-likeness (QED) is 0.689. The Labute approximate surface area is 166 Å². The molecule has 2 aromatic carbocycles. The lowest BCUT2D eigenvalue weighted by Gasteiger charge is -2.21. The van der Waals surface area contributed by atoms with Crippen LogP contribution in [0.5, 0.6) is 0 Å². The van der Waals surface area contributed by atoms with Crippen molar-refractivity contribution in [2.45, 2.75) is 13.5 Å².